The number of hydrogen-bond acceptors (Lipinski definition) is 4. The van der Waals surface area contributed by atoms with E-state index in [0.29, 0.717) is 24.6 Å². The average Bonchev–Trinajstić information content (AvgIpc) is 2.87. The van der Waals surface area contributed by atoms with Crippen molar-refractivity contribution in [2.45, 2.75) is 69.0 Å². The normalized spacial score (nSPS) is 42.6. The fourth-order valence-electron chi connectivity index (χ4n) is 4.84. The summed E-state index contributed by atoms with van der Waals surface area (Å²) in [6.45, 7) is 3.52. The van der Waals surface area contributed by atoms with Crippen molar-refractivity contribution >= 4 is 0 Å². The maximum Gasteiger partial charge on any atom is 0.0475 e. The minimum atomic E-state index is 0.107. The highest BCUT2D eigenvalue weighted by atomic mass is 16.3. The molecule has 4 heteroatoms. The Morgan fingerprint density at radius 3 is 2.70 bits per heavy atom. The second-order valence-electron chi connectivity index (χ2n) is 7.14. The molecule has 4 N–H and O–H groups in total. The van der Waals surface area contributed by atoms with Gasteiger partial charge in [-0.05, 0) is 44.6 Å². The first kappa shape index (κ1) is 14.8. The zero-order chi connectivity index (χ0) is 14.0. The fraction of sp³-hybridized carbons (Fsp3) is 1.00. The van der Waals surface area contributed by atoms with Crippen LogP contribution in [0, 0.1) is 5.92 Å². The van der Waals surface area contributed by atoms with Gasteiger partial charge in [0.05, 0.1) is 0 Å². The van der Waals surface area contributed by atoms with Crippen molar-refractivity contribution in [3.05, 3.63) is 0 Å². The summed E-state index contributed by atoms with van der Waals surface area (Å²) in [4.78, 5) is 2.65. The van der Waals surface area contributed by atoms with Crippen LogP contribution in [-0.2, 0) is 0 Å². The van der Waals surface area contributed by atoms with Crippen LogP contribution in [0.4, 0.5) is 0 Å². The van der Waals surface area contributed by atoms with Gasteiger partial charge < -0.3 is 16.2 Å². The Bertz CT molecular complexity index is 325. The number of hydrogen-bond donors (Lipinski definition) is 3. The predicted octanol–water partition coefficient (Wildman–Crippen LogP) is 1.08. The summed E-state index contributed by atoms with van der Waals surface area (Å²) in [5.74, 6) is 0.435. The maximum atomic E-state index is 9.64. The summed E-state index contributed by atoms with van der Waals surface area (Å²) in [7, 11) is 0. The molecule has 0 aromatic heterocycles. The van der Waals surface area contributed by atoms with E-state index in [1.54, 1.807) is 0 Å². The number of nitrogens with two attached hydrogens (primary N) is 1. The van der Waals surface area contributed by atoms with Crippen molar-refractivity contribution < 1.29 is 5.11 Å². The number of aliphatic hydroxyl groups is 1. The lowest BCUT2D eigenvalue weighted by Crippen LogP contribution is -2.64. The molecule has 0 amide bonds. The summed E-state index contributed by atoms with van der Waals surface area (Å²) in [5, 5.41) is 13.6. The predicted molar refractivity (Wildman–Crippen MR) is 81.6 cm³/mol. The third-order valence-electron chi connectivity index (χ3n) is 6.08. The van der Waals surface area contributed by atoms with Gasteiger partial charge in [0, 0.05) is 37.3 Å². The lowest BCUT2D eigenvalue weighted by molar-refractivity contribution is 0.0937. The van der Waals surface area contributed by atoms with Crippen molar-refractivity contribution in [1.29, 1.82) is 0 Å². The minimum absolute atomic E-state index is 0.107. The van der Waals surface area contributed by atoms with E-state index in [2.05, 4.69) is 10.2 Å². The Balaban J connectivity index is 1.72. The van der Waals surface area contributed by atoms with Crippen LogP contribution in [0.15, 0.2) is 0 Å². The Kier molecular flexibility index (Phi) is 4.65. The molecule has 4 unspecified atom stereocenters. The Morgan fingerprint density at radius 2 is 1.90 bits per heavy atom. The van der Waals surface area contributed by atoms with Crippen LogP contribution in [-0.4, -0.2) is 53.9 Å². The van der Waals surface area contributed by atoms with Gasteiger partial charge in [-0.15, -0.1) is 0 Å². The maximum absolute atomic E-state index is 9.64. The summed E-state index contributed by atoms with van der Waals surface area (Å²) in [6, 6.07) is 1.10. The highest BCUT2D eigenvalue weighted by Crippen LogP contribution is 2.36. The molecule has 0 aromatic rings. The van der Waals surface area contributed by atoms with E-state index in [9.17, 15) is 5.11 Å². The van der Waals surface area contributed by atoms with Crippen LogP contribution in [0.5, 0.6) is 0 Å². The van der Waals surface area contributed by atoms with Gasteiger partial charge in [0.1, 0.15) is 0 Å². The van der Waals surface area contributed by atoms with Gasteiger partial charge in [-0.3, -0.25) is 4.90 Å². The van der Waals surface area contributed by atoms with E-state index in [0.717, 1.165) is 6.54 Å². The van der Waals surface area contributed by atoms with Gasteiger partial charge in [-0.2, -0.15) is 0 Å². The molecule has 3 rings (SSSR count). The lowest BCUT2D eigenvalue weighted by Gasteiger charge is -2.45. The smallest absolute Gasteiger partial charge is 0.0475 e. The first-order chi connectivity index (χ1) is 9.79. The zero-order valence-corrected chi connectivity index (χ0v) is 12.7. The van der Waals surface area contributed by atoms with E-state index in [4.69, 9.17) is 5.73 Å². The lowest BCUT2D eigenvalue weighted by atomic mass is 9.79. The number of aliphatic hydroxyl groups excluding tert-OH is 1. The van der Waals surface area contributed by atoms with Crippen molar-refractivity contribution in [2.24, 2.45) is 11.7 Å². The van der Waals surface area contributed by atoms with Crippen molar-refractivity contribution in [3.8, 4) is 0 Å². The molecule has 0 radical (unpaired) electrons. The van der Waals surface area contributed by atoms with Gasteiger partial charge >= 0.3 is 0 Å². The molecular weight excluding hydrogens is 250 g/mol. The number of fused-ring (bicyclic) bond motifs is 1. The second kappa shape index (κ2) is 6.30. The molecule has 3 aliphatic rings. The third-order valence-corrected chi connectivity index (χ3v) is 6.08. The van der Waals surface area contributed by atoms with Gasteiger partial charge in [0.2, 0.25) is 0 Å². The van der Waals surface area contributed by atoms with E-state index >= 15 is 0 Å². The molecule has 0 aromatic carbocycles. The second-order valence-corrected chi connectivity index (χ2v) is 7.14. The number of nitrogens with one attached hydrogen (secondary N) is 1. The van der Waals surface area contributed by atoms with Crippen LogP contribution in [0.3, 0.4) is 0 Å². The summed E-state index contributed by atoms with van der Waals surface area (Å²) in [5.41, 5.74) is 6.34. The average molecular weight is 281 g/mol. The molecule has 4 nitrogen and oxygen atoms in total. The van der Waals surface area contributed by atoms with Gasteiger partial charge in [-0.1, -0.05) is 19.3 Å². The van der Waals surface area contributed by atoms with Crippen LogP contribution >= 0.6 is 0 Å². The fourth-order valence-corrected chi connectivity index (χ4v) is 4.84. The highest BCUT2D eigenvalue weighted by molar-refractivity contribution is 5.09. The quantitative estimate of drug-likeness (QED) is 0.722. The minimum Gasteiger partial charge on any atom is -0.396 e. The van der Waals surface area contributed by atoms with Crippen molar-refractivity contribution in [2.75, 3.05) is 26.2 Å². The summed E-state index contributed by atoms with van der Waals surface area (Å²) in [6.07, 6.45) is 10.1. The van der Waals surface area contributed by atoms with E-state index in [-0.39, 0.29) is 5.54 Å². The van der Waals surface area contributed by atoms with Gasteiger partial charge in [-0.25, -0.2) is 0 Å². The zero-order valence-electron chi connectivity index (χ0n) is 12.7. The van der Waals surface area contributed by atoms with E-state index < -0.39 is 0 Å². The standard InChI is InChI=1S/C16H31N3O/c17-12-16(8-10-19-9-4-3-7-15(16)19)18-14-6-2-1-5-13(14)11-20/h13-15,18,20H,1-12,17H2. The van der Waals surface area contributed by atoms with Crippen LogP contribution < -0.4 is 11.1 Å². The van der Waals surface area contributed by atoms with E-state index in [1.807, 2.05) is 0 Å². The van der Waals surface area contributed by atoms with Crippen molar-refractivity contribution in [1.82, 2.24) is 10.2 Å². The Hall–Kier alpha value is -0.160. The van der Waals surface area contributed by atoms with Crippen LogP contribution in [0.2, 0.25) is 0 Å². The molecule has 20 heavy (non-hydrogen) atoms. The Labute approximate surface area is 123 Å². The molecule has 0 bridgehead atoms. The number of rotatable bonds is 4. The molecule has 2 heterocycles. The largest absolute Gasteiger partial charge is 0.396 e. The molecule has 2 aliphatic heterocycles. The molecule has 1 saturated carbocycles. The molecular formula is C16H31N3O. The number of nitrogens with zero attached hydrogens (tertiary/aromatic N) is 1. The molecule has 116 valence electrons. The van der Waals surface area contributed by atoms with Crippen molar-refractivity contribution in [3.63, 3.8) is 0 Å². The third kappa shape index (κ3) is 2.63. The summed E-state index contributed by atoms with van der Waals surface area (Å²) >= 11 is 0. The molecule has 1 aliphatic carbocycles. The highest BCUT2D eigenvalue weighted by Gasteiger charge is 2.48. The first-order valence-corrected chi connectivity index (χ1v) is 8.62. The van der Waals surface area contributed by atoms with Crippen LogP contribution in [0.25, 0.3) is 0 Å². The van der Waals surface area contributed by atoms with Gasteiger partial charge in [0.15, 0.2) is 0 Å². The number of piperidine rings is 1. The van der Waals surface area contributed by atoms with Gasteiger partial charge in [0.25, 0.3) is 0 Å². The SMILES string of the molecule is NCC1(NC2CCCCC2CO)CCN2CCCCC21. The monoisotopic (exact) mass is 281 g/mol. The topological polar surface area (TPSA) is 61.5 Å². The molecule has 4 atom stereocenters. The first-order valence-electron chi connectivity index (χ1n) is 8.62. The molecule has 0 spiro atoms. The van der Waals surface area contributed by atoms with E-state index in [1.165, 1.54) is 64.5 Å². The Morgan fingerprint density at radius 1 is 1.10 bits per heavy atom. The molecule has 2 saturated heterocycles. The van der Waals surface area contributed by atoms with Crippen LogP contribution in [0.1, 0.15) is 51.4 Å². The molecule has 3 fully saturated rings. The summed E-state index contributed by atoms with van der Waals surface area (Å²) < 4.78 is 0.